The Hall–Kier alpha value is -4.09. The molecule has 1 N–H and O–H groups in total. The molecule has 1 atom stereocenters. The summed E-state index contributed by atoms with van der Waals surface area (Å²) < 4.78 is 111. The van der Waals surface area contributed by atoms with Gasteiger partial charge in [-0.25, -0.2) is 22.4 Å². The topological polar surface area (TPSA) is 41.6 Å². The van der Waals surface area contributed by atoms with E-state index in [0.717, 1.165) is 24.3 Å². The highest BCUT2D eigenvalue weighted by Crippen LogP contribution is 2.40. The molecular weight excluding hydrogens is 572 g/mol. The van der Waals surface area contributed by atoms with E-state index in [-0.39, 0.29) is 36.4 Å². The molecule has 4 rings (SSSR count). The van der Waals surface area contributed by atoms with Crippen LogP contribution in [0.4, 0.5) is 45.6 Å². The number of rotatable bonds is 11. The molecule has 1 aliphatic rings. The Morgan fingerprint density at radius 2 is 1.64 bits per heavy atom. The van der Waals surface area contributed by atoms with Crippen LogP contribution in [0.2, 0.25) is 0 Å². The summed E-state index contributed by atoms with van der Waals surface area (Å²) >= 11 is 0. The molecule has 12 heteroatoms. The number of halogens is 8. The molecule has 0 aliphatic heterocycles. The summed E-state index contributed by atoms with van der Waals surface area (Å²) in [7, 11) is 0. The fourth-order valence-electron chi connectivity index (χ4n) is 4.82. The third-order valence-corrected chi connectivity index (χ3v) is 6.97. The Morgan fingerprint density at radius 1 is 0.976 bits per heavy atom. The minimum Gasteiger partial charge on any atom is -0.428 e. The van der Waals surface area contributed by atoms with Gasteiger partial charge in [-0.3, -0.25) is 4.90 Å². The molecule has 0 heterocycles. The number of hydrogen-bond donors (Lipinski definition) is 1. The minimum absolute atomic E-state index is 0.0359. The second-order valence-corrected chi connectivity index (χ2v) is 9.92. The maximum atomic E-state index is 14.6. The van der Waals surface area contributed by atoms with Gasteiger partial charge in [0.2, 0.25) is 6.43 Å². The van der Waals surface area contributed by atoms with E-state index in [1.165, 1.54) is 23.1 Å². The van der Waals surface area contributed by atoms with E-state index in [1.807, 2.05) is 0 Å². The van der Waals surface area contributed by atoms with Crippen LogP contribution in [0.5, 0.6) is 5.75 Å². The van der Waals surface area contributed by atoms with Crippen LogP contribution in [-0.2, 0) is 0 Å². The molecule has 4 nitrogen and oxygen atoms in total. The highest BCUT2D eigenvalue weighted by Gasteiger charge is 2.44. The van der Waals surface area contributed by atoms with Crippen molar-refractivity contribution in [1.29, 1.82) is 0 Å². The van der Waals surface area contributed by atoms with Gasteiger partial charge in [0.25, 0.3) is 0 Å². The zero-order valence-corrected chi connectivity index (χ0v) is 21.9. The van der Waals surface area contributed by atoms with Gasteiger partial charge in [0.05, 0.1) is 11.7 Å². The normalized spacial score (nSPS) is 17.5. The second kappa shape index (κ2) is 12.8. The summed E-state index contributed by atoms with van der Waals surface area (Å²) in [5, 5.41) is 2.67. The zero-order chi connectivity index (χ0) is 30.6. The maximum Gasteiger partial charge on any atom is 0.461 e. The standard InChI is InChI=1S/C30H26F8N2O2/c1-2-18-5-3-4-6-25(18)40(16-17-11-21(12-17)27(33)34)29(41)39-26(19-7-9-22(31)10-8-19)20-13-23(32)15-24(14-20)42-30(37,38)28(35)36/h2-10,13-15,17,21,26-28H,1,11-12,16H2,(H,39,41)/t17?,21?,26-/m1/s1. The van der Waals surface area contributed by atoms with Gasteiger partial charge in [0.15, 0.2) is 0 Å². The number of hydrogen-bond acceptors (Lipinski definition) is 2. The number of para-hydroxylation sites is 1. The molecule has 0 bridgehead atoms. The van der Waals surface area contributed by atoms with Crippen LogP contribution in [0, 0.1) is 23.5 Å². The van der Waals surface area contributed by atoms with Crippen LogP contribution in [0.1, 0.15) is 35.6 Å². The Morgan fingerprint density at radius 3 is 2.26 bits per heavy atom. The third kappa shape index (κ3) is 7.21. The van der Waals surface area contributed by atoms with Gasteiger partial charge in [0, 0.05) is 18.5 Å². The lowest BCUT2D eigenvalue weighted by atomic mass is 9.75. The van der Waals surface area contributed by atoms with Crippen LogP contribution in [0.25, 0.3) is 6.08 Å². The number of carbonyl (C=O) groups excluding carboxylic acids is 1. The summed E-state index contributed by atoms with van der Waals surface area (Å²) in [6, 6.07) is 11.4. The first-order valence-electron chi connectivity index (χ1n) is 12.9. The molecular formula is C30H26F8N2O2. The number of urea groups is 1. The van der Waals surface area contributed by atoms with Crippen LogP contribution >= 0.6 is 0 Å². The van der Waals surface area contributed by atoms with Crippen molar-refractivity contribution < 1.29 is 44.7 Å². The lowest BCUT2D eigenvalue weighted by molar-refractivity contribution is -0.253. The fraction of sp³-hybridized carbons (Fsp3) is 0.300. The number of carbonyl (C=O) groups is 1. The molecule has 0 radical (unpaired) electrons. The molecule has 0 aromatic heterocycles. The van der Waals surface area contributed by atoms with Crippen molar-refractivity contribution in [3.8, 4) is 5.75 Å². The molecule has 224 valence electrons. The largest absolute Gasteiger partial charge is 0.461 e. The Bertz CT molecular complexity index is 1390. The van der Waals surface area contributed by atoms with Gasteiger partial charge in [-0.2, -0.15) is 17.6 Å². The molecule has 3 aromatic rings. The SMILES string of the molecule is C=Cc1ccccc1N(CC1CC(C(F)F)C1)C(=O)N[C@H](c1ccc(F)cc1)c1cc(F)cc(OC(F)(F)C(F)F)c1. The molecule has 1 fully saturated rings. The van der Waals surface area contributed by atoms with E-state index in [9.17, 15) is 39.9 Å². The number of nitrogens with one attached hydrogen (secondary N) is 1. The third-order valence-electron chi connectivity index (χ3n) is 6.97. The van der Waals surface area contributed by atoms with Crippen LogP contribution in [0.15, 0.2) is 73.3 Å². The molecule has 42 heavy (non-hydrogen) atoms. The van der Waals surface area contributed by atoms with Crippen molar-refractivity contribution in [1.82, 2.24) is 5.32 Å². The highest BCUT2D eigenvalue weighted by atomic mass is 19.3. The molecule has 2 amide bonds. The van der Waals surface area contributed by atoms with Crippen molar-refractivity contribution in [2.45, 2.75) is 37.8 Å². The number of alkyl halides is 6. The van der Waals surface area contributed by atoms with Gasteiger partial charge >= 0.3 is 18.6 Å². The molecule has 0 spiro atoms. The quantitative estimate of drug-likeness (QED) is 0.225. The molecule has 3 aromatic carbocycles. The van der Waals surface area contributed by atoms with Crippen molar-refractivity contribution in [2.75, 3.05) is 11.4 Å². The Labute approximate surface area is 236 Å². The summed E-state index contributed by atoms with van der Waals surface area (Å²) in [5.74, 6) is -3.75. The average Bonchev–Trinajstić information content (AvgIpc) is 2.90. The van der Waals surface area contributed by atoms with Crippen molar-refractivity contribution in [2.24, 2.45) is 11.8 Å². The predicted octanol–water partition coefficient (Wildman–Crippen LogP) is 8.44. The maximum absolute atomic E-state index is 14.6. The summed E-state index contributed by atoms with van der Waals surface area (Å²) in [5.41, 5.74) is 0.961. The second-order valence-electron chi connectivity index (χ2n) is 9.92. The van der Waals surface area contributed by atoms with E-state index in [0.29, 0.717) is 17.3 Å². The predicted molar refractivity (Wildman–Crippen MR) is 141 cm³/mol. The number of amides is 2. The lowest BCUT2D eigenvalue weighted by Crippen LogP contribution is -2.47. The highest BCUT2D eigenvalue weighted by molar-refractivity contribution is 5.94. The first-order chi connectivity index (χ1) is 19.9. The average molecular weight is 599 g/mol. The van der Waals surface area contributed by atoms with Gasteiger partial charge in [-0.1, -0.05) is 43.0 Å². The van der Waals surface area contributed by atoms with Gasteiger partial charge < -0.3 is 10.1 Å². The minimum atomic E-state index is -4.93. The number of benzene rings is 3. The monoisotopic (exact) mass is 598 g/mol. The van der Waals surface area contributed by atoms with Gasteiger partial charge in [-0.05, 0) is 65.8 Å². The van der Waals surface area contributed by atoms with Crippen molar-refractivity contribution in [3.63, 3.8) is 0 Å². The molecule has 0 saturated heterocycles. The van der Waals surface area contributed by atoms with E-state index in [1.54, 1.807) is 24.3 Å². The first kappa shape index (κ1) is 30.9. The molecule has 1 saturated carbocycles. The molecule has 0 unspecified atom stereocenters. The summed E-state index contributed by atoms with van der Waals surface area (Å²) in [6.45, 7) is 3.78. The van der Waals surface area contributed by atoms with Crippen LogP contribution in [-0.4, -0.2) is 31.5 Å². The van der Waals surface area contributed by atoms with E-state index in [4.69, 9.17) is 0 Å². The molecule has 1 aliphatic carbocycles. The number of nitrogens with zero attached hydrogens (tertiary/aromatic N) is 1. The fourth-order valence-corrected chi connectivity index (χ4v) is 4.82. The number of ether oxygens (including phenoxy) is 1. The summed E-state index contributed by atoms with van der Waals surface area (Å²) in [6.07, 6.45) is -9.76. The van der Waals surface area contributed by atoms with Gasteiger partial charge in [-0.15, -0.1) is 0 Å². The van der Waals surface area contributed by atoms with Crippen molar-refractivity contribution >= 4 is 17.8 Å². The zero-order valence-electron chi connectivity index (χ0n) is 21.9. The smallest absolute Gasteiger partial charge is 0.428 e. The van der Waals surface area contributed by atoms with Crippen molar-refractivity contribution in [3.05, 3.63) is 102 Å². The first-order valence-corrected chi connectivity index (χ1v) is 12.9. The Balaban J connectivity index is 1.71. The van der Waals surface area contributed by atoms with E-state index < -0.39 is 54.3 Å². The number of anilines is 1. The van der Waals surface area contributed by atoms with Crippen LogP contribution in [0.3, 0.4) is 0 Å². The Kier molecular flexibility index (Phi) is 9.43. The van der Waals surface area contributed by atoms with E-state index in [2.05, 4.69) is 16.6 Å². The van der Waals surface area contributed by atoms with E-state index >= 15 is 0 Å². The summed E-state index contributed by atoms with van der Waals surface area (Å²) in [4.78, 5) is 15.1. The van der Waals surface area contributed by atoms with Crippen LogP contribution < -0.4 is 15.0 Å². The van der Waals surface area contributed by atoms with Gasteiger partial charge in [0.1, 0.15) is 17.4 Å². The lowest BCUT2D eigenvalue weighted by Gasteiger charge is -2.39.